The molecule has 194 valence electrons. The monoisotopic (exact) mass is 516 g/mol. The molecule has 37 heavy (non-hydrogen) atoms. The van der Waals surface area contributed by atoms with E-state index in [0.717, 1.165) is 91.9 Å². The van der Waals surface area contributed by atoms with Crippen LogP contribution >= 0.6 is 11.6 Å². The third-order valence-corrected chi connectivity index (χ3v) is 8.31. The summed E-state index contributed by atoms with van der Waals surface area (Å²) in [7, 11) is 0. The van der Waals surface area contributed by atoms with E-state index < -0.39 is 0 Å². The first kappa shape index (κ1) is 25.6. The lowest BCUT2D eigenvalue weighted by Crippen LogP contribution is -2.49. The van der Waals surface area contributed by atoms with Crippen LogP contribution in [0.2, 0.25) is 5.02 Å². The number of piperazine rings is 1. The Labute approximate surface area is 226 Å². The number of halogens is 1. The van der Waals surface area contributed by atoms with Crippen molar-refractivity contribution in [3.8, 4) is 0 Å². The molecule has 5 rings (SSSR count). The predicted molar refractivity (Wildman–Crippen MR) is 153 cm³/mol. The zero-order valence-electron chi connectivity index (χ0n) is 22.2. The zero-order chi connectivity index (χ0) is 25.9. The van der Waals surface area contributed by atoms with E-state index in [2.05, 4.69) is 59.0 Å². The Morgan fingerprint density at radius 2 is 1.59 bits per heavy atom. The van der Waals surface area contributed by atoms with Gasteiger partial charge in [0.05, 0.1) is 10.7 Å². The fourth-order valence-electron chi connectivity index (χ4n) is 5.76. The SMILES string of the molecule is Cc1cccc(N2CCN(C(=O)c3cc(CC4CCN(c5ccccc5Cl)CC4)c(C)cc3C)CC2)n1. The molecular formula is C31H37ClN4O. The van der Waals surface area contributed by atoms with Gasteiger partial charge in [0.2, 0.25) is 0 Å². The van der Waals surface area contributed by atoms with E-state index in [4.69, 9.17) is 11.6 Å². The van der Waals surface area contributed by atoms with E-state index in [1.54, 1.807) is 0 Å². The molecule has 0 N–H and O–H groups in total. The Kier molecular flexibility index (Phi) is 7.71. The summed E-state index contributed by atoms with van der Waals surface area (Å²) in [5.41, 5.74) is 6.69. The zero-order valence-corrected chi connectivity index (χ0v) is 23.0. The average Bonchev–Trinajstić information content (AvgIpc) is 2.91. The normalized spacial score (nSPS) is 16.8. The maximum absolute atomic E-state index is 13.6. The molecule has 0 spiro atoms. The summed E-state index contributed by atoms with van der Waals surface area (Å²) < 4.78 is 0. The topological polar surface area (TPSA) is 39.7 Å². The molecule has 0 saturated carbocycles. The summed E-state index contributed by atoms with van der Waals surface area (Å²) in [5.74, 6) is 1.78. The molecule has 5 nitrogen and oxygen atoms in total. The van der Waals surface area contributed by atoms with Gasteiger partial charge in [-0.25, -0.2) is 4.98 Å². The van der Waals surface area contributed by atoms with E-state index in [1.807, 2.05) is 36.1 Å². The summed E-state index contributed by atoms with van der Waals surface area (Å²) >= 11 is 6.43. The predicted octanol–water partition coefficient (Wildman–Crippen LogP) is 6.08. The molecule has 0 aliphatic carbocycles. The molecular weight excluding hydrogens is 480 g/mol. The maximum Gasteiger partial charge on any atom is 0.254 e. The number of amides is 1. The Hall–Kier alpha value is -3.05. The molecule has 0 radical (unpaired) electrons. The summed E-state index contributed by atoms with van der Waals surface area (Å²) in [4.78, 5) is 24.9. The molecule has 2 aliphatic rings. The van der Waals surface area contributed by atoms with Crippen LogP contribution in [0.1, 0.15) is 45.6 Å². The molecule has 6 heteroatoms. The number of aryl methyl sites for hydroxylation is 3. The van der Waals surface area contributed by atoms with Gasteiger partial charge in [0.1, 0.15) is 5.82 Å². The second kappa shape index (κ2) is 11.1. The minimum Gasteiger partial charge on any atom is -0.370 e. The third-order valence-electron chi connectivity index (χ3n) is 7.99. The lowest BCUT2D eigenvalue weighted by Gasteiger charge is -2.36. The van der Waals surface area contributed by atoms with Crippen LogP contribution in [-0.4, -0.2) is 55.1 Å². The minimum atomic E-state index is 0.157. The van der Waals surface area contributed by atoms with Crippen molar-refractivity contribution in [2.75, 3.05) is 49.1 Å². The average molecular weight is 517 g/mol. The van der Waals surface area contributed by atoms with Gasteiger partial charge < -0.3 is 14.7 Å². The van der Waals surface area contributed by atoms with Crippen molar-refractivity contribution in [1.29, 1.82) is 0 Å². The van der Waals surface area contributed by atoms with Crippen molar-refractivity contribution < 1.29 is 4.79 Å². The highest BCUT2D eigenvalue weighted by molar-refractivity contribution is 6.33. The Balaban J connectivity index is 1.22. The Morgan fingerprint density at radius 3 is 2.30 bits per heavy atom. The lowest BCUT2D eigenvalue weighted by molar-refractivity contribution is 0.0745. The van der Waals surface area contributed by atoms with Gasteiger partial charge in [-0.05, 0) is 93.0 Å². The molecule has 0 unspecified atom stereocenters. The number of hydrogen-bond acceptors (Lipinski definition) is 4. The van der Waals surface area contributed by atoms with E-state index in [9.17, 15) is 4.79 Å². The smallest absolute Gasteiger partial charge is 0.254 e. The maximum atomic E-state index is 13.6. The van der Waals surface area contributed by atoms with Gasteiger partial charge in [0.25, 0.3) is 5.91 Å². The van der Waals surface area contributed by atoms with Gasteiger partial charge in [-0.3, -0.25) is 4.79 Å². The van der Waals surface area contributed by atoms with Gasteiger partial charge in [-0.2, -0.15) is 0 Å². The molecule has 1 amide bonds. The standard InChI is InChI=1S/C31H37ClN4O/c1-22-19-23(2)27(31(37)36-17-15-35(16-18-36)30-10-6-7-24(3)33-30)21-26(22)20-25-11-13-34(14-12-25)29-9-5-4-8-28(29)32/h4-10,19,21,25H,11-18,20H2,1-3H3. The minimum absolute atomic E-state index is 0.157. The molecule has 0 bridgehead atoms. The highest BCUT2D eigenvalue weighted by atomic mass is 35.5. The summed E-state index contributed by atoms with van der Waals surface area (Å²) in [6, 6.07) is 18.6. The third kappa shape index (κ3) is 5.77. The van der Waals surface area contributed by atoms with Crippen molar-refractivity contribution >= 4 is 29.0 Å². The highest BCUT2D eigenvalue weighted by Crippen LogP contribution is 2.31. The number of aromatic nitrogens is 1. The summed E-state index contributed by atoms with van der Waals surface area (Å²) in [6.45, 7) is 11.4. The number of nitrogens with zero attached hydrogens (tertiary/aromatic N) is 4. The van der Waals surface area contributed by atoms with Crippen LogP contribution in [0.15, 0.2) is 54.6 Å². The number of hydrogen-bond donors (Lipinski definition) is 0. The Morgan fingerprint density at radius 1 is 0.865 bits per heavy atom. The fourth-order valence-corrected chi connectivity index (χ4v) is 6.01. The van der Waals surface area contributed by atoms with Crippen LogP contribution < -0.4 is 9.80 Å². The first-order valence-electron chi connectivity index (χ1n) is 13.5. The molecule has 2 fully saturated rings. The van der Waals surface area contributed by atoms with Crippen LogP contribution in [-0.2, 0) is 6.42 Å². The second-order valence-electron chi connectivity index (χ2n) is 10.6. The summed E-state index contributed by atoms with van der Waals surface area (Å²) in [6.07, 6.45) is 3.29. The van der Waals surface area contributed by atoms with Gasteiger partial charge in [0.15, 0.2) is 0 Å². The molecule has 1 aromatic heterocycles. The van der Waals surface area contributed by atoms with Gasteiger partial charge >= 0.3 is 0 Å². The molecule has 3 heterocycles. The van der Waals surface area contributed by atoms with E-state index in [1.165, 1.54) is 11.1 Å². The van der Waals surface area contributed by atoms with E-state index >= 15 is 0 Å². The Bertz CT molecular complexity index is 1260. The first-order valence-corrected chi connectivity index (χ1v) is 13.8. The second-order valence-corrected chi connectivity index (χ2v) is 11.0. The van der Waals surface area contributed by atoms with Crippen LogP contribution in [0.4, 0.5) is 11.5 Å². The summed E-state index contributed by atoms with van der Waals surface area (Å²) in [5, 5.41) is 0.828. The molecule has 2 aromatic carbocycles. The van der Waals surface area contributed by atoms with E-state index in [-0.39, 0.29) is 5.91 Å². The van der Waals surface area contributed by atoms with Crippen LogP contribution in [0.25, 0.3) is 0 Å². The van der Waals surface area contributed by atoms with Crippen molar-refractivity contribution in [3.63, 3.8) is 0 Å². The van der Waals surface area contributed by atoms with Crippen LogP contribution in [0.5, 0.6) is 0 Å². The number of carbonyl (C=O) groups is 1. The number of benzene rings is 2. The molecule has 3 aromatic rings. The van der Waals surface area contributed by atoms with Gasteiger partial charge in [-0.15, -0.1) is 0 Å². The number of rotatable bonds is 5. The molecule has 2 aliphatic heterocycles. The number of para-hydroxylation sites is 1. The van der Waals surface area contributed by atoms with Crippen molar-refractivity contribution in [1.82, 2.24) is 9.88 Å². The highest BCUT2D eigenvalue weighted by Gasteiger charge is 2.26. The molecule has 0 atom stereocenters. The first-order chi connectivity index (χ1) is 17.9. The van der Waals surface area contributed by atoms with Crippen LogP contribution in [0.3, 0.4) is 0 Å². The van der Waals surface area contributed by atoms with Crippen LogP contribution in [0, 0.1) is 26.7 Å². The number of carbonyl (C=O) groups excluding carboxylic acids is 1. The van der Waals surface area contributed by atoms with Gasteiger partial charge in [0, 0.05) is 50.5 Å². The molecule has 2 saturated heterocycles. The van der Waals surface area contributed by atoms with Crippen molar-refractivity contribution in [2.45, 2.75) is 40.0 Å². The van der Waals surface area contributed by atoms with Crippen molar-refractivity contribution in [3.05, 3.63) is 87.6 Å². The van der Waals surface area contributed by atoms with E-state index in [0.29, 0.717) is 5.92 Å². The largest absolute Gasteiger partial charge is 0.370 e. The number of piperidine rings is 1. The fraction of sp³-hybridized carbons (Fsp3) is 0.419. The van der Waals surface area contributed by atoms with Crippen molar-refractivity contribution in [2.24, 2.45) is 5.92 Å². The lowest BCUT2D eigenvalue weighted by atomic mass is 9.87. The van der Waals surface area contributed by atoms with Gasteiger partial charge in [-0.1, -0.05) is 35.9 Å². The quantitative estimate of drug-likeness (QED) is 0.412. The number of pyridine rings is 1. The number of anilines is 2.